The van der Waals surface area contributed by atoms with Crippen molar-refractivity contribution in [2.45, 2.75) is 12.6 Å². The number of para-hydroxylation sites is 2. The lowest BCUT2D eigenvalue weighted by Crippen LogP contribution is -2.18. The number of nitrogens with zero attached hydrogens (tertiary/aromatic N) is 4. The third-order valence-corrected chi connectivity index (χ3v) is 7.78. The normalized spacial score (nSPS) is 11.2. The van der Waals surface area contributed by atoms with Gasteiger partial charge >= 0.3 is 6.18 Å². The minimum Gasteiger partial charge on any atom is -0.321 e. The van der Waals surface area contributed by atoms with Crippen LogP contribution < -0.4 is 10.6 Å². The molecule has 274 valence electrons. The van der Waals surface area contributed by atoms with E-state index in [1.54, 1.807) is 60.7 Å². The van der Waals surface area contributed by atoms with Crippen LogP contribution in [0.2, 0.25) is 10.0 Å². The molecule has 0 saturated heterocycles. The van der Waals surface area contributed by atoms with Gasteiger partial charge in [-0.3, -0.25) is 19.0 Å². The molecule has 2 amide bonds. The van der Waals surface area contributed by atoms with E-state index in [9.17, 15) is 40.3 Å². The van der Waals surface area contributed by atoms with Gasteiger partial charge in [0.15, 0.2) is 5.69 Å². The Kier molecular flexibility index (Phi) is 11.6. The van der Waals surface area contributed by atoms with Gasteiger partial charge in [0.05, 0.1) is 11.1 Å². The maximum Gasteiger partial charge on any atom is 0.435 e. The summed E-state index contributed by atoms with van der Waals surface area (Å²) in [6, 6.07) is 20.7. The number of aryl methyl sites for hydroxylation is 2. The molecule has 0 fully saturated rings. The van der Waals surface area contributed by atoms with Gasteiger partial charge in [0.1, 0.15) is 17.3 Å². The molecule has 17 heteroatoms. The average molecular weight is 778 g/mol. The van der Waals surface area contributed by atoms with Crippen LogP contribution in [-0.4, -0.2) is 31.4 Å². The molecule has 53 heavy (non-hydrogen) atoms. The number of nitrogens with one attached hydrogen (secondary N) is 2. The fourth-order valence-corrected chi connectivity index (χ4v) is 5.72. The molecular weight excluding hydrogens is 752 g/mol. The molecule has 4 aromatic carbocycles. The van der Waals surface area contributed by atoms with E-state index in [4.69, 9.17) is 23.2 Å². The molecule has 0 spiro atoms. The molecule has 0 radical (unpaired) electrons. The molecule has 0 atom stereocenters. The average Bonchev–Trinajstić information content (AvgIpc) is 3.68. The van der Waals surface area contributed by atoms with Crippen molar-refractivity contribution in [3.05, 3.63) is 142 Å². The summed E-state index contributed by atoms with van der Waals surface area (Å²) in [5, 5.41) is 12.7. The lowest BCUT2D eigenvalue weighted by molar-refractivity contribution is -0.141. The predicted octanol–water partition coefficient (Wildman–Crippen LogP) is 10.2. The standard InChI is InChI=1S/C18H12Cl2F3N3O.C18H13F4N3O/c1-26-9-14(16(25-26)18(21,22)23)17(27)24-15-5-3-2-4-13(15)10-6-11(19)8-12(20)7-10;1-25-9-14(16(24-25)17(21)22)18(26)23-15-5-3-2-4-13(15)10-6-11(19)8-12(20)7-10/h2-9H,1H3,(H,24,27);2-9,17H,1H3,(H,23,26). The maximum atomic E-state index is 13.5. The zero-order chi connectivity index (χ0) is 38.6. The second-order valence-electron chi connectivity index (χ2n) is 11.3. The van der Waals surface area contributed by atoms with Gasteiger partial charge in [0.25, 0.3) is 18.2 Å². The lowest BCUT2D eigenvalue weighted by atomic mass is 10.0. The van der Waals surface area contributed by atoms with E-state index in [0.717, 1.165) is 33.8 Å². The molecule has 6 aromatic rings. The second-order valence-corrected chi connectivity index (χ2v) is 12.2. The number of amides is 2. The van der Waals surface area contributed by atoms with Crippen molar-refractivity contribution in [3.63, 3.8) is 0 Å². The minimum atomic E-state index is -4.74. The first kappa shape index (κ1) is 38.6. The Morgan fingerprint density at radius 1 is 0.679 bits per heavy atom. The highest BCUT2D eigenvalue weighted by molar-refractivity contribution is 6.35. The van der Waals surface area contributed by atoms with E-state index in [1.165, 1.54) is 26.4 Å². The van der Waals surface area contributed by atoms with Crippen molar-refractivity contribution in [1.29, 1.82) is 0 Å². The Hall–Kier alpha value is -5.67. The number of hydrogen-bond acceptors (Lipinski definition) is 4. The molecule has 0 saturated carbocycles. The smallest absolute Gasteiger partial charge is 0.321 e. The van der Waals surface area contributed by atoms with Crippen molar-refractivity contribution in [3.8, 4) is 22.3 Å². The van der Waals surface area contributed by atoms with E-state index in [-0.39, 0.29) is 16.8 Å². The second kappa shape index (κ2) is 15.9. The molecule has 0 aliphatic rings. The third-order valence-electron chi connectivity index (χ3n) is 7.35. The van der Waals surface area contributed by atoms with Crippen LogP contribution in [0.1, 0.15) is 38.5 Å². The summed E-state index contributed by atoms with van der Waals surface area (Å²) in [6.07, 6.45) is -5.45. The van der Waals surface area contributed by atoms with Crippen LogP contribution >= 0.6 is 23.2 Å². The van der Waals surface area contributed by atoms with E-state index in [1.807, 2.05) is 0 Å². The number of carbonyl (C=O) groups is 2. The monoisotopic (exact) mass is 776 g/mol. The SMILES string of the molecule is Cn1cc(C(=O)Nc2ccccc2-c2cc(Cl)cc(Cl)c2)c(C(F)(F)F)n1.Cn1cc(C(=O)Nc2ccccc2-c2cc(F)cc(F)c2)c(C(F)F)n1. The van der Waals surface area contributed by atoms with Gasteiger partial charge in [0.2, 0.25) is 0 Å². The fourth-order valence-electron chi connectivity index (χ4n) is 5.19. The van der Waals surface area contributed by atoms with Gasteiger partial charge in [-0.15, -0.1) is 0 Å². The summed E-state index contributed by atoms with van der Waals surface area (Å²) in [5.74, 6) is -3.25. The maximum absolute atomic E-state index is 13.5. The van der Waals surface area contributed by atoms with Gasteiger partial charge in [-0.2, -0.15) is 23.4 Å². The number of alkyl halides is 5. The molecule has 0 aliphatic carbocycles. The molecule has 8 nitrogen and oxygen atoms in total. The fraction of sp³-hybridized carbons (Fsp3) is 0.111. The van der Waals surface area contributed by atoms with Crippen LogP contribution in [0.15, 0.2) is 97.3 Å². The molecule has 2 heterocycles. The van der Waals surface area contributed by atoms with Crippen LogP contribution in [-0.2, 0) is 20.3 Å². The Balaban J connectivity index is 0.000000204. The van der Waals surface area contributed by atoms with Crippen LogP contribution in [0.4, 0.5) is 42.1 Å². The van der Waals surface area contributed by atoms with Crippen LogP contribution in [0, 0.1) is 11.6 Å². The summed E-state index contributed by atoms with van der Waals surface area (Å²) < 4.78 is 94.4. The number of carbonyl (C=O) groups excluding carboxylic acids is 2. The highest BCUT2D eigenvalue weighted by atomic mass is 35.5. The molecule has 2 aromatic heterocycles. The third kappa shape index (κ3) is 9.42. The van der Waals surface area contributed by atoms with E-state index in [2.05, 4.69) is 20.8 Å². The Morgan fingerprint density at radius 2 is 1.13 bits per heavy atom. The van der Waals surface area contributed by atoms with Crippen molar-refractivity contribution >= 4 is 46.4 Å². The summed E-state index contributed by atoms with van der Waals surface area (Å²) >= 11 is 12.0. The molecule has 0 aliphatic heterocycles. The topological polar surface area (TPSA) is 93.8 Å². The molecule has 0 unspecified atom stereocenters. The molecular formula is C36H25Cl2F7N6O2. The van der Waals surface area contributed by atoms with E-state index in [0.29, 0.717) is 32.4 Å². The van der Waals surface area contributed by atoms with Gasteiger partial charge in [-0.05, 0) is 53.6 Å². The van der Waals surface area contributed by atoms with Crippen LogP contribution in [0.25, 0.3) is 22.3 Å². The highest BCUT2D eigenvalue weighted by Crippen LogP contribution is 2.35. The van der Waals surface area contributed by atoms with Gasteiger partial charge in [-0.1, -0.05) is 59.6 Å². The lowest BCUT2D eigenvalue weighted by Gasteiger charge is -2.12. The largest absolute Gasteiger partial charge is 0.435 e. The van der Waals surface area contributed by atoms with Crippen molar-refractivity contribution in [2.75, 3.05) is 10.6 Å². The Morgan fingerprint density at radius 3 is 1.64 bits per heavy atom. The number of anilines is 2. The van der Waals surface area contributed by atoms with Crippen LogP contribution in [0.5, 0.6) is 0 Å². The zero-order valence-corrected chi connectivity index (χ0v) is 28.8. The van der Waals surface area contributed by atoms with E-state index >= 15 is 0 Å². The van der Waals surface area contributed by atoms with Gasteiger partial charge < -0.3 is 10.6 Å². The predicted molar refractivity (Wildman–Crippen MR) is 186 cm³/mol. The van der Waals surface area contributed by atoms with Crippen LogP contribution in [0.3, 0.4) is 0 Å². The number of rotatable bonds is 7. The Labute approximate surface area is 306 Å². The number of aromatic nitrogens is 4. The summed E-state index contributed by atoms with van der Waals surface area (Å²) in [5.41, 5.74) is -0.445. The van der Waals surface area contributed by atoms with Crippen molar-refractivity contribution in [1.82, 2.24) is 19.6 Å². The van der Waals surface area contributed by atoms with Gasteiger partial charge in [-0.25, -0.2) is 17.6 Å². The summed E-state index contributed by atoms with van der Waals surface area (Å²) in [6.45, 7) is 0. The van der Waals surface area contributed by atoms with Crippen molar-refractivity contribution in [2.24, 2.45) is 14.1 Å². The number of hydrogen-bond donors (Lipinski definition) is 2. The molecule has 2 N–H and O–H groups in total. The van der Waals surface area contributed by atoms with Gasteiger partial charge in [0, 0.05) is 65.1 Å². The Bertz CT molecular complexity index is 2270. The molecule has 0 bridgehead atoms. The summed E-state index contributed by atoms with van der Waals surface area (Å²) in [4.78, 5) is 24.9. The number of benzene rings is 4. The molecule has 6 rings (SSSR count). The first-order valence-electron chi connectivity index (χ1n) is 15.2. The quantitative estimate of drug-likeness (QED) is 0.158. The minimum absolute atomic E-state index is 0.207. The highest BCUT2D eigenvalue weighted by Gasteiger charge is 2.39. The summed E-state index contributed by atoms with van der Waals surface area (Å²) in [7, 11) is 2.74. The first-order chi connectivity index (χ1) is 25.0. The first-order valence-corrected chi connectivity index (χ1v) is 15.9. The van der Waals surface area contributed by atoms with E-state index < -0.39 is 53.0 Å². The van der Waals surface area contributed by atoms with Crippen molar-refractivity contribution < 1.29 is 40.3 Å². The zero-order valence-electron chi connectivity index (χ0n) is 27.3. The number of halogens is 9.